The molecule has 0 aliphatic rings. The minimum Gasteiger partial charge on any atom is -0.317 e. The molecule has 1 aromatic rings. The number of halogens is 2. The number of rotatable bonds is 2. The van der Waals surface area contributed by atoms with Crippen LogP contribution in [0.4, 0.5) is 8.78 Å². The van der Waals surface area contributed by atoms with Crippen molar-refractivity contribution in [3.05, 3.63) is 28.5 Å². The number of aromatic nitrogens is 2. The molecule has 13 heavy (non-hydrogen) atoms. The van der Waals surface area contributed by atoms with Gasteiger partial charge in [-0.15, -0.1) is 6.07 Å². The Morgan fingerprint density at radius 1 is 1.62 bits per heavy atom. The number of H-pyrrole nitrogens is 1. The van der Waals surface area contributed by atoms with Crippen molar-refractivity contribution in [2.75, 3.05) is 6.26 Å². The summed E-state index contributed by atoms with van der Waals surface area (Å²) < 4.78 is 23.9. The topological polar surface area (TPSA) is 45.8 Å². The van der Waals surface area contributed by atoms with E-state index in [-0.39, 0.29) is 26.2 Å². The summed E-state index contributed by atoms with van der Waals surface area (Å²) >= 11 is 1.10. The second kappa shape index (κ2) is 5.39. The first-order chi connectivity index (χ1) is 5.63. The van der Waals surface area contributed by atoms with Gasteiger partial charge >= 0.3 is 21.1 Å². The van der Waals surface area contributed by atoms with Gasteiger partial charge in [0.25, 0.3) is 0 Å². The normalized spacial score (nSPS) is 9.15. The molecule has 1 rings (SSSR count). The molecule has 0 bridgehead atoms. The first-order valence-corrected chi connectivity index (χ1v) is 4.19. The van der Waals surface area contributed by atoms with Crippen molar-refractivity contribution >= 4 is 11.8 Å². The van der Waals surface area contributed by atoms with Crippen LogP contribution in [0, 0.1) is 6.43 Å². The Kier molecular flexibility index (Phi) is 5.25. The molecule has 0 aromatic carbocycles. The van der Waals surface area contributed by atoms with Crippen LogP contribution in [0.25, 0.3) is 0 Å². The molecule has 0 fully saturated rings. The van der Waals surface area contributed by atoms with Crippen molar-refractivity contribution in [2.45, 2.75) is 5.16 Å². The van der Waals surface area contributed by atoms with Crippen LogP contribution in [0.15, 0.2) is 16.0 Å². The number of aromatic amines is 1. The van der Waals surface area contributed by atoms with Crippen molar-refractivity contribution in [2.24, 2.45) is 0 Å². The number of hydrogen-bond donors (Lipinski definition) is 1. The van der Waals surface area contributed by atoms with Crippen LogP contribution in [0.2, 0.25) is 0 Å². The van der Waals surface area contributed by atoms with Gasteiger partial charge in [0.15, 0.2) is 10.7 Å². The zero-order valence-electron chi connectivity index (χ0n) is 6.51. The standard InChI is InChI=1S/C6H5F2N2OS.W/c1-12-6-9-3(5(7)8)2-4(11)10-6;/h2H,1H3,(H,9,10,11);/q-1;+2. The Hall–Kier alpha value is -0.352. The minimum atomic E-state index is -1.95. The Balaban J connectivity index is 0.00000144. The first kappa shape index (κ1) is 12.6. The monoisotopic (exact) mass is 375 g/mol. The van der Waals surface area contributed by atoms with Gasteiger partial charge in [0.1, 0.15) is 6.43 Å². The number of thioether (sulfide) groups is 1. The Morgan fingerprint density at radius 2 is 2.23 bits per heavy atom. The van der Waals surface area contributed by atoms with E-state index in [9.17, 15) is 13.6 Å². The zero-order valence-corrected chi connectivity index (χ0v) is 10.3. The van der Waals surface area contributed by atoms with Gasteiger partial charge in [0.05, 0.1) is 0 Å². The summed E-state index contributed by atoms with van der Waals surface area (Å²) in [5.74, 6) is 0. The fraction of sp³-hybridized carbons (Fsp3) is 0.167. The van der Waals surface area contributed by atoms with Gasteiger partial charge in [-0.3, -0.25) is 18.6 Å². The number of nitrogens with zero attached hydrogens (tertiary/aromatic N) is 1. The van der Waals surface area contributed by atoms with E-state index >= 15 is 0 Å². The zero-order chi connectivity index (χ0) is 9.14. The molecule has 0 spiro atoms. The second-order valence-corrected chi connectivity index (χ2v) is 2.70. The van der Waals surface area contributed by atoms with Crippen LogP contribution in [-0.2, 0) is 21.1 Å². The largest absolute Gasteiger partial charge is 2.00 e. The summed E-state index contributed by atoms with van der Waals surface area (Å²) in [6.07, 6.45) is -0.311. The second-order valence-electron chi connectivity index (χ2n) is 1.90. The Labute approximate surface area is 91.6 Å². The van der Waals surface area contributed by atoms with Gasteiger partial charge in [-0.2, -0.15) is 0 Å². The summed E-state index contributed by atoms with van der Waals surface area (Å²) in [5, 5.41) is 0.185. The fourth-order valence-corrected chi connectivity index (χ4v) is 1.02. The van der Waals surface area contributed by atoms with Crippen LogP contribution < -0.4 is 5.56 Å². The minimum absolute atomic E-state index is 0. The summed E-state index contributed by atoms with van der Waals surface area (Å²) in [4.78, 5) is 16.5. The van der Waals surface area contributed by atoms with Gasteiger partial charge in [0, 0.05) is 0 Å². The molecule has 0 aliphatic heterocycles. The smallest absolute Gasteiger partial charge is 0.317 e. The molecule has 0 aliphatic carbocycles. The summed E-state index contributed by atoms with van der Waals surface area (Å²) in [7, 11) is 0. The van der Waals surface area contributed by atoms with Crippen LogP contribution in [0.5, 0.6) is 0 Å². The summed E-state index contributed by atoms with van der Waals surface area (Å²) in [6.45, 7) is 0. The molecular formula is C6H5F2N2OSW+. The third-order valence-corrected chi connectivity index (χ3v) is 1.69. The summed E-state index contributed by atoms with van der Waals surface area (Å²) in [6, 6.07) is 0.759. The quantitative estimate of drug-likeness (QED) is 0.481. The number of hydrogen-bond acceptors (Lipinski definition) is 3. The molecule has 0 radical (unpaired) electrons. The fourth-order valence-electron chi connectivity index (χ4n) is 0.629. The maximum atomic E-state index is 12.0. The van der Waals surface area contributed by atoms with Crippen molar-refractivity contribution in [3.63, 3.8) is 0 Å². The average molecular weight is 375 g/mol. The van der Waals surface area contributed by atoms with E-state index in [0.717, 1.165) is 17.8 Å². The van der Waals surface area contributed by atoms with Crippen LogP contribution in [0.3, 0.4) is 0 Å². The Morgan fingerprint density at radius 3 is 2.69 bits per heavy atom. The van der Waals surface area contributed by atoms with Gasteiger partial charge in [-0.25, -0.2) is 0 Å². The van der Waals surface area contributed by atoms with Crippen molar-refractivity contribution < 1.29 is 29.8 Å². The Bertz CT molecular complexity index is 331. The maximum Gasteiger partial charge on any atom is 2.00 e. The molecule has 1 N–H and O–H groups in total. The molecular weight excluding hydrogens is 370 g/mol. The van der Waals surface area contributed by atoms with Crippen molar-refractivity contribution in [3.8, 4) is 0 Å². The van der Waals surface area contributed by atoms with Gasteiger partial charge in [-0.05, 0) is 11.9 Å². The number of nitrogens with one attached hydrogen (secondary N) is 1. The van der Waals surface area contributed by atoms with E-state index in [1.54, 1.807) is 6.26 Å². The molecule has 1 aromatic heterocycles. The van der Waals surface area contributed by atoms with E-state index in [2.05, 4.69) is 9.97 Å². The SMILES string of the molecule is CSc1nc([C-](F)F)cc(=O)[nH]1.[W+2]. The summed E-state index contributed by atoms with van der Waals surface area (Å²) in [5.41, 5.74) is -1.14. The predicted molar refractivity (Wildman–Crippen MR) is 41.2 cm³/mol. The molecule has 7 heteroatoms. The predicted octanol–water partition coefficient (Wildman–Crippen LogP) is 1.27. The van der Waals surface area contributed by atoms with E-state index in [1.807, 2.05) is 0 Å². The van der Waals surface area contributed by atoms with Crippen molar-refractivity contribution in [1.29, 1.82) is 0 Å². The van der Waals surface area contributed by atoms with Crippen LogP contribution in [0.1, 0.15) is 5.69 Å². The van der Waals surface area contributed by atoms with E-state index in [0.29, 0.717) is 0 Å². The molecule has 0 unspecified atom stereocenters. The van der Waals surface area contributed by atoms with Crippen LogP contribution >= 0.6 is 11.8 Å². The third-order valence-electron chi connectivity index (χ3n) is 1.11. The van der Waals surface area contributed by atoms with Gasteiger partial charge < -0.3 is 4.98 Å². The molecule has 3 nitrogen and oxygen atoms in total. The van der Waals surface area contributed by atoms with E-state index in [4.69, 9.17) is 0 Å². The van der Waals surface area contributed by atoms with Crippen LogP contribution in [-0.4, -0.2) is 16.2 Å². The van der Waals surface area contributed by atoms with Gasteiger partial charge in [0.2, 0.25) is 0 Å². The van der Waals surface area contributed by atoms with Crippen molar-refractivity contribution in [1.82, 2.24) is 9.97 Å². The maximum absolute atomic E-state index is 12.0. The molecule has 0 saturated carbocycles. The van der Waals surface area contributed by atoms with E-state index < -0.39 is 17.7 Å². The average Bonchev–Trinajstić information content (AvgIpc) is 2.03. The van der Waals surface area contributed by atoms with Gasteiger partial charge in [-0.1, -0.05) is 11.8 Å². The molecule has 0 amide bonds. The van der Waals surface area contributed by atoms with E-state index in [1.165, 1.54) is 0 Å². The first-order valence-electron chi connectivity index (χ1n) is 2.97. The molecule has 1 heterocycles. The molecule has 0 atom stereocenters. The molecule has 0 saturated heterocycles. The molecule has 70 valence electrons. The third kappa shape index (κ3) is 3.48.